The van der Waals surface area contributed by atoms with Crippen LogP contribution in [-0.4, -0.2) is 5.43 Å². The van der Waals surface area contributed by atoms with E-state index in [0.29, 0.717) is 0 Å². The average Bonchev–Trinajstić information content (AvgIpc) is 3.36. The summed E-state index contributed by atoms with van der Waals surface area (Å²) in [5, 5.41) is 0. The van der Waals surface area contributed by atoms with Crippen LogP contribution in [-0.2, 0) is 23.3 Å². The Labute approximate surface area is 205 Å². The Hall–Kier alpha value is -1.32. The average molecular weight is 539 g/mol. The Bertz CT molecular complexity index is 904. The fourth-order valence-corrected chi connectivity index (χ4v) is 2.47. The molecule has 0 nitrogen and oxygen atoms in total. The molecule has 0 aromatic heterocycles. The molecule has 0 saturated heterocycles. The molecule has 0 radical (unpaired) electrons. The molecule has 0 atom stereocenters. The van der Waals surface area contributed by atoms with Crippen LogP contribution in [0.25, 0.3) is 22.3 Å². The van der Waals surface area contributed by atoms with E-state index in [0.717, 1.165) is 22.3 Å². The monoisotopic (exact) mass is 536 g/mol. The van der Waals surface area contributed by atoms with Crippen molar-refractivity contribution in [2.75, 3.05) is 0 Å². The molecule has 0 heterocycles. The Morgan fingerprint density at radius 2 is 0.933 bits per heavy atom. The van der Waals surface area contributed by atoms with Crippen molar-refractivity contribution in [1.82, 2.24) is 0 Å². The minimum absolute atomic E-state index is 0. The maximum Gasteiger partial charge on any atom is 0.0898 e. The van der Waals surface area contributed by atoms with Gasteiger partial charge in [0.05, 0.1) is 11.6 Å². The van der Waals surface area contributed by atoms with E-state index in [1.54, 1.807) is 35.5 Å². The van der Waals surface area contributed by atoms with Crippen molar-refractivity contribution in [2.24, 2.45) is 0 Å². The minimum atomic E-state index is -0.186. The molecule has 156 valence electrons. The summed E-state index contributed by atoms with van der Waals surface area (Å²) in [5.41, 5.74) is 4.20. The second kappa shape index (κ2) is 15.5. The van der Waals surface area contributed by atoms with E-state index in [-0.39, 0.29) is 41.9 Å². The van der Waals surface area contributed by atoms with Crippen molar-refractivity contribution in [1.29, 1.82) is 0 Å². The molecule has 0 unspecified atom stereocenters. The van der Waals surface area contributed by atoms with E-state index in [4.69, 9.17) is 0 Å². The van der Waals surface area contributed by atoms with Gasteiger partial charge in [-0.2, -0.15) is 24.3 Å². The van der Waals surface area contributed by atoms with Crippen LogP contribution in [0.15, 0.2) is 97.1 Å². The van der Waals surface area contributed by atoms with Gasteiger partial charge in [0, 0.05) is 0 Å². The van der Waals surface area contributed by atoms with Gasteiger partial charge in [0.1, 0.15) is 0 Å². The summed E-state index contributed by atoms with van der Waals surface area (Å²) >= 11 is 1.74. The Kier molecular flexibility index (Phi) is 14.8. The zero-order valence-corrected chi connectivity index (χ0v) is 21.7. The Morgan fingerprint density at radius 3 is 1.20 bits per heavy atom. The molecular weight excluding hydrogens is 516 g/mol. The van der Waals surface area contributed by atoms with E-state index < -0.39 is 0 Å². The van der Waals surface area contributed by atoms with E-state index in [9.17, 15) is 8.78 Å². The first kappa shape index (κ1) is 28.7. The quantitative estimate of drug-likeness (QED) is 0.266. The molecule has 0 aliphatic heterocycles. The molecule has 0 bridgehead atoms. The van der Waals surface area contributed by atoms with E-state index in [1.807, 2.05) is 60.7 Å². The largest absolute Gasteiger partial charge is 1.00 e. The molecule has 30 heavy (non-hydrogen) atoms. The fourth-order valence-electron chi connectivity index (χ4n) is 2.47. The molecule has 6 heteroatoms. The first-order valence-electron chi connectivity index (χ1n) is 8.93. The van der Waals surface area contributed by atoms with Crippen LogP contribution < -0.4 is 24.8 Å². The molecule has 0 aliphatic rings. The Balaban J connectivity index is 0.000000452. The van der Waals surface area contributed by atoms with Gasteiger partial charge in [-0.3, -0.25) is 0 Å². The molecule has 0 amide bonds. The molecule has 4 aromatic carbocycles. The van der Waals surface area contributed by atoms with Gasteiger partial charge in [-0.1, -0.05) is 35.4 Å². The molecule has 4 aromatic rings. The number of hydrogen-bond donors (Lipinski definition) is 0. The van der Waals surface area contributed by atoms with Gasteiger partial charge in [0.2, 0.25) is 0 Å². The second-order valence-electron chi connectivity index (χ2n) is 6.37. The molecule has 0 N–H and O–H groups in total. The smallest absolute Gasteiger partial charge is 0.0898 e. The summed E-state index contributed by atoms with van der Waals surface area (Å²) in [6.45, 7) is 4.62. The number of rotatable bonds is 2. The third-order valence-electron chi connectivity index (χ3n) is 3.64. The molecule has 0 spiro atoms. The van der Waals surface area contributed by atoms with Gasteiger partial charge < -0.3 is 24.8 Å². The van der Waals surface area contributed by atoms with E-state index in [1.165, 1.54) is 24.3 Å². The summed E-state index contributed by atoms with van der Waals surface area (Å²) in [6.07, 6.45) is 0. The second-order valence-corrected chi connectivity index (χ2v) is 15.7. The minimum Gasteiger partial charge on any atom is -1.00 e. The molecule has 0 aliphatic carbocycles. The predicted molar refractivity (Wildman–Crippen MR) is 112 cm³/mol. The van der Waals surface area contributed by atoms with Crippen molar-refractivity contribution < 1.29 is 56.9 Å². The Morgan fingerprint density at radius 1 is 0.633 bits per heavy atom. The zero-order valence-electron chi connectivity index (χ0n) is 16.7. The maximum absolute atomic E-state index is 12.8. The predicted octanol–water partition coefficient (Wildman–Crippen LogP) is 1.22. The third-order valence-corrected chi connectivity index (χ3v) is 3.64. The maximum atomic E-state index is 12.8. The van der Waals surface area contributed by atoms with Gasteiger partial charge in [0.15, 0.2) is 0 Å². The molecule has 0 fully saturated rings. The van der Waals surface area contributed by atoms with Crippen molar-refractivity contribution in [3.63, 3.8) is 0 Å². The SMILES string of the molecule is C[Si](C)=[Zr+2].Fc1cccc(-[c-]2cccc2)c1.Fc1cccc(-[c-]2cccc2)c1.[Cl-].[Cl-]. The van der Waals surface area contributed by atoms with Crippen LogP contribution in [0.5, 0.6) is 0 Å². The summed E-state index contributed by atoms with van der Waals surface area (Å²) in [7, 11) is 0. The van der Waals surface area contributed by atoms with Crippen LogP contribution >= 0.6 is 0 Å². The van der Waals surface area contributed by atoms with E-state index >= 15 is 0 Å². The van der Waals surface area contributed by atoms with Crippen LogP contribution in [0.3, 0.4) is 0 Å². The van der Waals surface area contributed by atoms with Crippen LogP contribution in [0, 0.1) is 11.6 Å². The third kappa shape index (κ3) is 10.6. The van der Waals surface area contributed by atoms with Gasteiger partial charge in [0.25, 0.3) is 0 Å². The summed E-state index contributed by atoms with van der Waals surface area (Å²) in [6, 6.07) is 28.9. The summed E-state index contributed by atoms with van der Waals surface area (Å²) in [4.78, 5) is 0. The summed E-state index contributed by atoms with van der Waals surface area (Å²) in [5.74, 6) is -0.373. The van der Waals surface area contributed by atoms with Crippen molar-refractivity contribution in [3.8, 4) is 22.3 Å². The zero-order chi connectivity index (χ0) is 20.4. The van der Waals surface area contributed by atoms with Crippen LogP contribution in [0.2, 0.25) is 13.1 Å². The first-order chi connectivity index (χ1) is 13.5. The molecule has 4 rings (SSSR count). The normalized spacial score (nSPS) is 9.00. The van der Waals surface area contributed by atoms with Crippen LogP contribution in [0.4, 0.5) is 8.78 Å². The van der Waals surface area contributed by atoms with Crippen molar-refractivity contribution in [3.05, 3.63) is 109 Å². The summed E-state index contributed by atoms with van der Waals surface area (Å²) < 4.78 is 25.5. The number of hydrogen-bond acceptors (Lipinski definition) is 0. The number of halogens is 4. The van der Waals surface area contributed by atoms with Gasteiger partial charge >= 0.3 is 41.9 Å². The van der Waals surface area contributed by atoms with Crippen molar-refractivity contribution in [2.45, 2.75) is 13.1 Å². The first-order valence-corrected chi connectivity index (χ1v) is 15.1. The number of benzene rings is 2. The molecular formula is C24H22Cl2F2SiZr-2. The standard InChI is InChI=1S/2C11H8F.C2H6Si.2ClH.Zr/c2*12-11-7-3-6-10(8-11)9-4-1-2-5-9;1-3-2;;;/h2*1-8H;1-2H3;2*1H;/q2*-1;;;;+2/p-2. The van der Waals surface area contributed by atoms with Gasteiger partial charge in [-0.15, -0.1) is 47.5 Å². The topological polar surface area (TPSA) is 0 Å². The van der Waals surface area contributed by atoms with Crippen LogP contribution in [0.1, 0.15) is 0 Å². The fraction of sp³-hybridized carbons (Fsp3) is 0.0833. The van der Waals surface area contributed by atoms with E-state index in [2.05, 4.69) is 13.1 Å². The van der Waals surface area contributed by atoms with Gasteiger partial charge in [-0.05, 0) is 12.1 Å². The van der Waals surface area contributed by atoms with Crippen molar-refractivity contribution >= 4 is 5.43 Å². The van der Waals surface area contributed by atoms with Gasteiger partial charge in [-0.25, -0.2) is 8.78 Å². The molecule has 0 saturated carbocycles.